The van der Waals surface area contributed by atoms with Crippen molar-refractivity contribution in [3.63, 3.8) is 0 Å². The zero-order valence-electron chi connectivity index (χ0n) is 10.7. The van der Waals surface area contributed by atoms with Gasteiger partial charge in [0.25, 0.3) is 0 Å². The highest BCUT2D eigenvalue weighted by Crippen LogP contribution is 2.24. The second-order valence-corrected chi connectivity index (χ2v) is 6.69. The molecule has 2 nitrogen and oxygen atoms in total. The highest BCUT2D eigenvalue weighted by atomic mass is 79.9. The lowest BCUT2D eigenvalue weighted by Gasteiger charge is -2.14. The van der Waals surface area contributed by atoms with E-state index in [-0.39, 0.29) is 5.41 Å². The number of hydrogen-bond acceptors (Lipinski definition) is 1. The Morgan fingerprint density at radius 1 is 1.28 bits per heavy atom. The van der Waals surface area contributed by atoms with Gasteiger partial charge in [-0.2, -0.15) is 5.10 Å². The van der Waals surface area contributed by atoms with Crippen LogP contribution in [0.5, 0.6) is 0 Å². The van der Waals surface area contributed by atoms with Crippen LogP contribution in [0.4, 0.5) is 0 Å². The van der Waals surface area contributed by atoms with Gasteiger partial charge in [0.1, 0.15) is 5.15 Å². The molecule has 1 aromatic carbocycles. The Balaban J connectivity index is 2.27. The Labute approximate surface area is 121 Å². The van der Waals surface area contributed by atoms with Crippen molar-refractivity contribution in [1.29, 1.82) is 0 Å². The van der Waals surface area contributed by atoms with Crippen LogP contribution in [0.3, 0.4) is 0 Å². The van der Waals surface area contributed by atoms with Crippen molar-refractivity contribution < 1.29 is 0 Å². The predicted molar refractivity (Wildman–Crippen MR) is 79.2 cm³/mol. The Hall–Kier alpha value is -0.800. The van der Waals surface area contributed by atoms with E-state index in [0.717, 1.165) is 10.2 Å². The summed E-state index contributed by atoms with van der Waals surface area (Å²) in [5, 5.41) is 5.26. The first-order chi connectivity index (χ1) is 8.36. The molecule has 2 aromatic rings. The largest absolute Gasteiger partial charge is 0.249 e. The minimum Gasteiger partial charge on any atom is -0.249 e. The van der Waals surface area contributed by atoms with Crippen molar-refractivity contribution in [3.8, 4) is 0 Å². The molecule has 0 saturated heterocycles. The van der Waals surface area contributed by atoms with Gasteiger partial charge in [-0.25, -0.2) is 4.68 Å². The number of aromatic nitrogens is 2. The normalized spacial score (nSPS) is 11.8. The van der Waals surface area contributed by atoms with Crippen molar-refractivity contribution in [3.05, 3.63) is 51.2 Å². The van der Waals surface area contributed by atoms with E-state index in [0.29, 0.717) is 11.7 Å². The first kappa shape index (κ1) is 13.6. The van der Waals surface area contributed by atoms with E-state index in [1.165, 1.54) is 5.56 Å². The molecule has 0 unspecified atom stereocenters. The van der Waals surface area contributed by atoms with Crippen molar-refractivity contribution >= 4 is 27.5 Å². The predicted octanol–water partition coefficient (Wildman–Crippen LogP) is 4.64. The summed E-state index contributed by atoms with van der Waals surface area (Å²) in [5.41, 5.74) is 2.21. The first-order valence-electron chi connectivity index (χ1n) is 5.84. The van der Waals surface area contributed by atoms with Gasteiger partial charge in [-0.3, -0.25) is 0 Å². The molecule has 96 valence electrons. The maximum absolute atomic E-state index is 6.23. The minimum atomic E-state index is 0.0200. The van der Waals surface area contributed by atoms with Crippen molar-refractivity contribution in [2.75, 3.05) is 0 Å². The third-order valence-electron chi connectivity index (χ3n) is 2.72. The first-order valence-corrected chi connectivity index (χ1v) is 7.01. The van der Waals surface area contributed by atoms with E-state index >= 15 is 0 Å². The molecule has 1 aromatic heterocycles. The van der Waals surface area contributed by atoms with Crippen LogP contribution in [0.25, 0.3) is 0 Å². The molecule has 0 aliphatic heterocycles. The van der Waals surface area contributed by atoms with Crippen LogP contribution in [0.2, 0.25) is 5.15 Å². The summed E-state index contributed by atoms with van der Waals surface area (Å²) in [7, 11) is 0. The van der Waals surface area contributed by atoms with Crippen molar-refractivity contribution in [2.24, 2.45) is 0 Å². The zero-order valence-corrected chi connectivity index (χ0v) is 13.1. The lowest BCUT2D eigenvalue weighted by molar-refractivity contribution is 0.545. The second kappa shape index (κ2) is 5.06. The van der Waals surface area contributed by atoms with Gasteiger partial charge in [-0.1, -0.05) is 60.4 Å². The van der Waals surface area contributed by atoms with Crippen molar-refractivity contribution in [2.45, 2.75) is 32.7 Å². The number of nitrogens with zero attached hydrogens (tertiary/aromatic N) is 2. The summed E-state index contributed by atoms with van der Waals surface area (Å²) >= 11 is 9.70. The summed E-state index contributed by atoms with van der Waals surface area (Å²) in [5.74, 6) is 0. The topological polar surface area (TPSA) is 17.8 Å². The Morgan fingerprint density at radius 3 is 2.56 bits per heavy atom. The molecule has 0 atom stereocenters. The maximum Gasteiger partial charge on any atom is 0.127 e. The molecule has 0 saturated carbocycles. The van der Waals surface area contributed by atoms with Crippen LogP contribution in [0.1, 0.15) is 32.0 Å². The highest BCUT2D eigenvalue weighted by Gasteiger charge is 2.19. The SMILES string of the molecule is CC(C)(C)c1cc(Cl)n(Cc2cccc(Br)c2)n1. The van der Waals surface area contributed by atoms with Crippen LogP contribution in [-0.4, -0.2) is 9.78 Å². The molecule has 0 fully saturated rings. The van der Waals surface area contributed by atoms with Gasteiger partial charge in [0.05, 0.1) is 12.2 Å². The number of rotatable bonds is 2. The molecule has 0 radical (unpaired) electrons. The van der Waals surface area contributed by atoms with Crippen LogP contribution in [-0.2, 0) is 12.0 Å². The number of hydrogen-bond donors (Lipinski definition) is 0. The Kier molecular flexibility index (Phi) is 3.83. The van der Waals surface area contributed by atoms with Gasteiger partial charge < -0.3 is 0 Å². The average Bonchev–Trinajstić information content (AvgIpc) is 2.60. The quantitative estimate of drug-likeness (QED) is 0.785. The summed E-state index contributed by atoms with van der Waals surface area (Å²) in [6, 6.07) is 10.1. The summed E-state index contributed by atoms with van der Waals surface area (Å²) in [6.07, 6.45) is 0. The molecule has 0 bridgehead atoms. The van der Waals surface area contributed by atoms with E-state index in [4.69, 9.17) is 11.6 Å². The van der Waals surface area contributed by atoms with E-state index in [9.17, 15) is 0 Å². The van der Waals surface area contributed by atoms with E-state index in [1.807, 2.05) is 22.9 Å². The van der Waals surface area contributed by atoms with Crippen molar-refractivity contribution in [1.82, 2.24) is 9.78 Å². The Morgan fingerprint density at radius 2 is 2.00 bits per heavy atom. The fourth-order valence-corrected chi connectivity index (χ4v) is 2.33. The van der Waals surface area contributed by atoms with E-state index in [1.54, 1.807) is 0 Å². The molecule has 2 rings (SSSR count). The third-order valence-corrected chi connectivity index (χ3v) is 3.52. The fourth-order valence-electron chi connectivity index (χ4n) is 1.68. The van der Waals surface area contributed by atoms with E-state index < -0.39 is 0 Å². The summed E-state index contributed by atoms with van der Waals surface area (Å²) in [6.45, 7) is 7.09. The van der Waals surface area contributed by atoms with Crippen LogP contribution in [0, 0.1) is 0 Å². The zero-order chi connectivity index (χ0) is 13.3. The van der Waals surface area contributed by atoms with Gasteiger partial charge in [-0.05, 0) is 23.8 Å². The van der Waals surface area contributed by atoms with E-state index in [2.05, 4.69) is 53.9 Å². The number of halogens is 2. The van der Waals surface area contributed by atoms with Gasteiger partial charge in [0, 0.05) is 9.89 Å². The van der Waals surface area contributed by atoms with Crippen LogP contribution >= 0.6 is 27.5 Å². The smallest absolute Gasteiger partial charge is 0.127 e. The minimum absolute atomic E-state index is 0.0200. The molecule has 0 aliphatic rings. The van der Waals surface area contributed by atoms with Gasteiger partial charge in [0.15, 0.2) is 0 Å². The Bertz CT molecular complexity index is 555. The third kappa shape index (κ3) is 3.15. The number of benzene rings is 1. The average molecular weight is 328 g/mol. The second-order valence-electron chi connectivity index (χ2n) is 5.39. The molecule has 4 heteroatoms. The molecule has 0 aliphatic carbocycles. The standard InChI is InChI=1S/C14H16BrClN2/c1-14(2,3)12-8-13(16)18(17-12)9-10-5-4-6-11(15)7-10/h4-8H,9H2,1-3H3. The monoisotopic (exact) mass is 326 g/mol. The molecule has 0 amide bonds. The van der Waals surface area contributed by atoms with Gasteiger partial charge in [0.2, 0.25) is 0 Å². The molecule has 18 heavy (non-hydrogen) atoms. The molecular formula is C14H16BrClN2. The molecular weight excluding hydrogens is 312 g/mol. The van der Waals surface area contributed by atoms with Gasteiger partial charge in [-0.15, -0.1) is 0 Å². The van der Waals surface area contributed by atoms with Crippen LogP contribution in [0.15, 0.2) is 34.8 Å². The molecule has 0 spiro atoms. The summed E-state index contributed by atoms with van der Waals surface area (Å²) in [4.78, 5) is 0. The fraction of sp³-hybridized carbons (Fsp3) is 0.357. The molecule has 0 N–H and O–H groups in total. The summed E-state index contributed by atoms with van der Waals surface area (Å²) < 4.78 is 2.91. The maximum atomic E-state index is 6.23. The highest BCUT2D eigenvalue weighted by molar-refractivity contribution is 9.10. The lowest BCUT2D eigenvalue weighted by atomic mass is 9.93. The van der Waals surface area contributed by atoms with Gasteiger partial charge >= 0.3 is 0 Å². The molecule has 1 heterocycles. The van der Waals surface area contributed by atoms with Crippen LogP contribution < -0.4 is 0 Å². The lowest BCUT2D eigenvalue weighted by Crippen LogP contribution is -2.13.